The molecule has 1 unspecified atom stereocenters. The first-order valence-corrected chi connectivity index (χ1v) is 8.47. The molecule has 1 amide bonds. The van der Waals surface area contributed by atoms with E-state index < -0.39 is 16.1 Å². The van der Waals surface area contributed by atoms with Crippen LogP contribution in [0.25, 0.3) is 0 Å². The summed E-state index contributed by atoms with van der Waals surface area (Å²) in [7, 11) is -2.11. The van der Waals surface area contributed by atoms with E-state index in [0.29, 0.717) is 32.4 Å². The van der Waals surface area contributed by atoms with Crippen LogP contribution in [-0.4, -0.2) is 44.8 Å². The van der Waals surface area contributed by atoms with Gasteiger partial charge >= 0.3 is 0 Å². The summed E-state index contributed by atoms with van der Waals surface area (Å²) in [6.07, 6.45) is 1.97. The van der Waals surface area contributed by atoms with Crippen LogP contribution in [0.3, 0.4) is 0 Å². The van der Waals surface area contributed by atoms with Crippen molar-refractivity contribution in [3.05, 3.63) is 29.8 Å². The van der Waals surface area contributed by atoms with Crippen molar-refractivity contribution in [2.75, 3.05) is 20.1 Å². The molecule has 0 bridgehead atoms. The molecule has 2 rings (SSSR count). The Morgan fingerprint density at radius 1 is 1.38 bits per heavy atom. The van der Waals surface area contributed by atoms with Gasteiger partial charge in [-0.25, -0.2) is 8.42 Å². The highest BCUT2D eigenvalue weighted by Crippen LogP contribution is 2.26. The fourth-order valence-electron chi connectivity index (χ4n) is 2.59. The minimum atomic E-state index is -3.63. The van der Waals surface area contributed by atoms with Crippen molar-refractivity contribution in [3.8, 4) is 0 Å². The van der Waals surface area contributed by atoms with Gasteiger partial charge in [0.25, 0.3) is 0 Å². The zero-order valence-corrected chi connectivity index (χ0v) is 12.9. The maximum absolute atomic E-state index is 12.7. The number of benzene rings is 1. The Kier molecular flexibility index (Phi) is 4.97. The summed E-state index contributed by atoms with van der Waals surface area (Å²) in [6.45, 7) is 0.905. The Labute approximate surface area is 125 Å². The van der Waals surface area contributed by atoms with Gasteiger partial charge in [-0.1, -0.05) is 12.1 Å². The molecule has 21 heavy (non-hydrogen) atoms. The maximum atomic E-state index is 12.7. The zero-order valence-electron chi connectivity index (χ0n) is 12.1. The van der Waals surface area contributed by atoms with Crippen molar-refractivity contribution in [1.82, 2.24) is 9.62 Å². The topological polar surface area (TPSA) is 92.5 Å². The molecular weight excluding hydrogens is 290 g/mol. The first-order valence-electron chi connectivity index (χ1n) is 7.03. The maximum Gasteiger partial charge on any atom is 0.243 e. The fourth-order valence-corrected chi connectivity index (χ4v) is 4.24. The van der Waals surface area contributed by atoms with Crippen molar-refractivity contribution >= 4 is 15.9 Å². The number of amides is 1. The van der Waals surface area contributed by atoms with E-state index in [0.717, 1.165) is 5.56 Å². The van der Waals surface area contributed by atoms with E-state index in [-0.39, 0.29) is 10.8 Å². The Morgan fingerprint density at radius 2 is 2.05 bits per heavy atom. The predicted molar refractivity (Wildman–Crippen MR) is 80.2 cm³/mol. The van der Waals surface area contributed by atoms with Gasteiger partial charge in [0.15, 0.2) is 0 Å². The van der Waals surface area contributed by atoms with Gasteiger partial charge in [0, 0.05) is 13.6 Å². The summed E-state index contributed by atoms with van der Waals surface area (Å²) in [5, 5.41) is 2.53. The highest BCUT2D eigenvalue weighted by atomic mass is 32.2. The summed E-state index contributed by atoms with van der Waals surface area (Å²) in [5.41, 5.74) is 6.48. The molecule has 1 fully saturated rings. The van der Waals surface area contributed by atoms with E-state index in [1.165, 1.54) is 11.4 Å². The number of sulfonamides is 1. The Morgan fingerprint density at radius 3 is 2.62 bits per heavy atom. The molecule has 1 aromatic carbocycles. The van der Waals surface area contributed by atoms with Gasteiger partial charge in [-0.2, -0.15) is 4.31 Å². The van der Waals surface area contributed by atoms with Gasteiger partial charge < -0.3 is 11.1 Å². The van der Waals surface area contributed by atoms with Crippen LogP contribution in [-0.2, 0) is 21.2 Å². The molecule has 0 radical (unpaired) electrons. The third-order valence-corrected chi connectivity index (χ3v) is 5.64. The van der Waals surface area contributed by atoms with Crippen LogP contribution in [0.1, 0.15) is 18.4 Å². The van der Waals surface area contributed by atoms with Gasteiger partial charge in [0.05, 0.1) is 4.90 Å². The molecular formula is C14H21N3O3S. The molecule has 0 spiro atoms. The molecule has 1 saturated heterocycles. The predicted octanol–water partition coefficient (Wildman–Crippen LogP) is 0.0869. The Hall–Kier alpha value is -1.44. The van der Waals surface area contributed by atoms with Crippen LogP contribution < -0.4 is 11.1 Å². The molecule has 7 heteroatoms. The summed E-state index contributed by atoms with van der Waals surface area (Å²) in [6, 6.07) is 6.10. The molecule has 3 N–H and O–H groups in total. The van der Waals surface area contributed by atoms with Gasteiger partial charge in [0.1, 0.15) is 6.04 Å². The SMILES string of the molecule is CNC(=O)C1CCCN1S(=O)(=O)c1ccc(CCN)cc1. The van der Waals surface area contributed by atoms with Crippen LogP contribution in [0.4, 0.5) is 0 Å². The van der Waals surface area contributed by atoms with Gasteiger partial charge in [-0.3, -0.25) is 4.79 Å². The average Bonchev–Trinajstić information content (AvgIpc) is 2.97. The Bertz CT molecular complexity index is 598. The number of hydrogen-bond donors (Lipinski definition) is 2. The second-order valence-corrected chi connectivity index (χ2v) is 6.96. The van der Waals surface area contributed by atoms with Crippen LogP contribution in [0.2, 0.25) is 0 Å². The van der Waals surface area contributed by atoms with E-state index in [1.807, 2.05) is 0 Å². The smallest absolute Gasteiger partial charge is 0.243 e. The minimum Gasteiger partial charge on any atom is -0.358 e. The highest BCUT2D eigenvalue weighted by molar-refractivity contribution is 7.89. The second-order valence-electron chi connectivity index (χ2n) is 5.07. The summed E-state index contributed by atoms with van der Waals surface area (Å²) in [5.74, 6) is -0.254. The molecule has 6 nitrogen and oxygen atoms in total. The number of nitrogens with two attached hydrogens (primary N) is 1. The summed E-state index contributed by atoms with van der Waals surface area (Å²) >= 11 is 0. The molecule has 1 atom stereocenters. The van der Waals surface area contributed by atoms with Gasteiger partial charge in [-0.15, -0.1) is 0 Å². The van der Waals surface area contributed by atoms with E-state index >= 15 is 0 Å². The van der Waals surface area contributed by atoms with E-state index in [9.17, 15) is 13.2 Å². The lowest BCUT2D eigenvalue weighted by molar-refractivity contribution is -0.123. The van der Waals surface area contributed by atoms with Gasteiger partial charge in [-0.05, 0) is 43.5 Å². The lowest BCUT2D eigenvalue weighted by Gasteiger charge is -2.22. The van der Waals surface area contributed by atoms with Crippen molar-refractivity contribution in [1.29, 1.82) is 0 Å². The second kappa shape index (κ2) is 6.55. The molecule has 1 aliphatic rings. The first kappa shape index (κ1) is 15.9. The fraction of sp³-hybridized carbons (Fsp3) is 0.500. The van der Waals surface area contributed by atoms with Crippen molar-refractivity contribution < 1.29 is 13.2 Å². The zero-order chi connectivity index (χ0) is 15.5. The van der Waals surface area contributed by atoms with Crippen molar-refractivity contribution in [2.24, 2.45) is 5.73 Å². The molecule has 1 heterocycles. The minimum absolute atomic E-state index is 0.221. The largest absolute Gasteiger partial charge is 0.358 e. The highest BCUT2D eigenvalue weighted by Gasteiger charge is 2.38. The molecule has 0 aliphatic carbocycles. The Balaban J connectivity index is 2.26. The normalized spacial score (nSPS) is 19.6. The van der Waals surface area contributed by atoms with E-state index in [1.54, 1.807) is 24.3 Å². The molecule has 0 saturated carbocycles. The molecule has 1 aromatic rings. The number of carbonyl (C=O) groups is 1. The first-order chi connectivity index (χ1) is 10.0. The summed E-state index contributed by atoms with van der Waals surface area (Å²) < 4.78 is 26.6. The third kappa shape index (κ3) is 3.25. The van der Waals surface area contributed by atoms with Gasteiger partial charge in [0.2, 0.25) is 15.9 Å². The quantitative estimate of drug-likeness (QED) is 0.806. The third-order valence-electron chi connectivity index (χ3n) is 3.72. The lowest BCUT2D eigenvalue weighted by Crippen LogP contribution is -2.44. The lowest BCUT2D eigenvalue weighted by atomic mass is 10.2. The number of nitrogens with zero attached hydrogens (tertiary/aromatic N) is 1. The van der Waals surface area contributed by atoms with Crippen LogP contribution >= 0.6 is 0 Å². The molecule has 0 aromatic heterocycles. The standard InChI is InChI=1S/C14H21N3O3S/c1-16-14(18)13-3-2-10-17(13)21(19,20)12-6-4-11(5-7-12)8-9-15/h4-7,13H,2-3,8-10,15H2,1H3,(H,16,18). The van der Waals surface area contributed by atoms with Crippen LogP contribution in [0.5, 0.6) is 0 Å². The number of nitrogens with one attached hydrogen (secondary N) is 1. The van der Waals surface area contributed by atoms with Crippen molar-refractivity contribution in [3.63, 3.8) is 0 Å². The monoisotopic (exact) mass is 311 g/mol. The molecule has 116 valence electrons. The van der Waals surface area contributed by atoms with Crippen molar-refractivity contribution in [2.45, 2.75) is 30.2 Å². The number of hydrogen-bond acceptors (Lipinski definition) is 4. The van der Waals surface area contributed by atoms with Crippen LogP contribution in [0.15, 0.2) is 29.2 Å². The van der Waals surface area contributed by atoms with Crippen LogP contribution in [0, 0.1) is 0 Å². The number of likely N-dealkylation sites (N-methyl/N-ethyl adjacent to an activating group) is 1. The molecule has 1 aliphatic heterocycles. The van der Waals surface area contributed by atoms with E-state index in [2.05, 4.69) is 5.32 Å². The van der Waals surface area contributed by atoms with E-state index in [4.69, 9.17) is 5.73 Å². The summed E-state index contributed by atoms with van der Waals surface area (Å²) in [4.78, 5) is 12.0. The number of carbonyl (C=O) groups excluding carboxylic acids is 1. The average molecular weight is 311 g/mol. The number of rotatable bonds is 5.